The third-order valence-electron chi connectivity index (χ3n) is 5.76. The fraction of sp³-hybridized carbons (Fsp3) is 0.381. The SMILES string of the molecule is C/C=C(/CO)[C@H]1C[C@H]2c3[nH]c4ccccc4c3CCN2C=C1C(=O)OC. The molecule has 1 aromatic carbocycles. The molecule has 5 nitrogen and oxygen atoms in total. The highest BCUT2D eigenvalue weighted by Crippen LogP contribution is 2.44. The minimum atomic E-state index is -0.316. The quantitative estimate of drug-likeness (QED) is 0.658. The van der Waals surface area contributed by atoms with Crippen LogP contribution in [0.4, 0.5) is 0 Å². The number of carbonyl (C=O) groups excluding carboxylic acids is 1. The number of para-hydroxylation sites is 1. The van der Waals surface area contributed by atoms with Crippen LogP contribution in [0.3, 0.4) is 0 Å². The van der Waals surface area contributed by atoms with E-state index in [1.165, 1.54) is 23.8 Å². The molecule has 2 N–H and O–H groups in total. The number of hydrogen-bond donors (Lipinski definition) is 2. The molecule has 0 saturated carbocycles. The van der Waals surface area contributed by atoms with Crippen molar-refractivity contribution < 1.29 is 14.6 Å². The summed E-state index contributed by atoms with van der Waals surface area (Å²) in [5, 5.41) is 11.1. The van der Waals surface area contributed by atoms with Gasteiger partial charge in [0.15, 0.2) is 0 Å². The molecule has 2 aliphatic heterocycles. The molecule has 4 rings (SSSR count). The fourth-order valence-corrected chi connectivity index (χ4v) is 4.43. The highest BCUT2D eigenvalue weighted by Gasteiger charge is 2.38. The maximum Gasteiger partial charge on any atom is 0.335 e. The third-order valence-corrected chi connectivity index (χ3v) is 5.76. The van der Waals surface area contributed by atoms with Gasteiger partial charge in [0.1, 0.15) is 0 Å². The summed E-state index contributed by atoms with van der Waals surface area (Å²) < 4.78 is 5.01. The maximum atomic E-state index is 12.3. The van der Waals surface area contributed by atoms with E-state index in [-0.39, 0.29) is 24.5 Å². The van der Waals surface area contributed by atoms with Gasteiger partial charge in [-0.25, -0.2) is 4.79 Å². The number of benzene rings is 1. The number of hydrogen-bond acceptors (Lipinski definition) is 4. The van der Waals surface area contributed by atoms with Gasteiger partial charge in [0.05, 0.1) is 25.3 Å². The molecule has 136 valence electrons. The van der Waals surface area contributed by atoms with Gasteiger partial charge in [-0.05, 0) is 37.0 Å². The van der Waals surface area contributed by atoms with E-state index in [1.807, 2.05) is 25.3 Å². The second-order valence-electron chi connectivity index (χ2n) is 6.95. The number of aromatic nitrogens is 1. The van der Waals surface area contributed by atoms with Crippen LogP contribution >= 0.6 is 0 Å². The lowest BCUT2D eigenvalue weighted by molar-refractivity contribution is -0.137. The molecule has 2 aromatic rings. The highest BCUT2D eigenvalue weighted by molar-refractivity contribution is 5.90. The van der Waals surface area contributed by atoms with Gasteiger partial charge in [-0.2, -0.15) is 0 Å². The van der Waals surface area contributed by atoms with Gasteiger partial charge in [-0.3, -0.25) is 0 Å². The molecule has 0 spiro atoms. The van der Waals surface area contributed by atoms with Crippen molar-refractivity contribution in [3.8, 4) is 0 Å². The molecule has 2 atom stereocenters. The summed E-state index contributed by atoms with van der Waals surface area (Å²) in [4.78, 5) is 18.2. The van der Waals surface area contributed by atoms with Gasteiger partial charge in [0.25, 0.3) is 0 Å². The number of aliphatic hydroxyl groups excluding tert-OH is 1. The number of rotatable bonds is 3. The van der Waals surface area contributed by atoms with E-state index in [0.29, 0.717) is 5.57 Å². The van der Waals surface area contributed by atoms with Crippen LogP contribution in [0.2, 0.25) is 0 Å². The Bertz CT molecular complexity index is 909. The number of aliphatic hydroxyl groups is 1. The number of carbonyl (C=O) groups is 1. The summed E-state index contributed by atoms with van der Waals surface area (Å²) in [5.41, 5.74) is 5.26. The molecule has 2 aliphatic rings. The Morgan fingerprint density at radius 3 is 2.96 bits per heavy atom. The monoisotopic (exact) mass is 352 g/mol. The lowest BCUT2D eigenvalue weighted by Gasteiger charge is -2.42. The number of aromatic amines is 1. The molecule has 0 aliphatic carbocycles. The predicted molar refractivity (Wildman–Crippen MR) is 100 cm³/mol. The van der Waals surface area contributed by atoms with E-state index in [9.17, 15) is 9.90 Å². The number of fused-ring (bicyclic) bond motifs is 5. The molecule has 0 amide bonds. The van der Waals surface area contributed by atoms with E-state index in [2.05, 4.69) is 28.1 Å². The average Bonchev–Trinajstić information content (AvgIpc) is 3.07. The standard InChI is InChI=1S/C21H24N2O3/c1-3-13(12-24)16-10-19-20-15(14-6-4-5-7-18(14)22-20)8-9-23(19)11-17(16)21(25)26-2/h3-7,11,16,19,22,24H,8-10,12H2,1-2H3/b13-3-/t16-,19+/m1/s1. The fourth-order valence-electron chi connectivity index (χ4n) is 4.43. The van der Waals surface area contributed by atoms with Crippen LogP contribution in [0.25, 0.3) is 10.9 Å². The van der Waals surface area contributed by atoms with E-state index in [1.54, 1.807) is 0 Å². The van der Waals surface area contributed by atoms with E-state index in [4.69, 9.17) is 4.74 Å². The van der Waals surface area contributed by atoms with Crippen molar-refractivity contribution in [1.82, 2.24) is 9.88 Å². The Labute approximate surface area is 153 Å². The molecule has 5 heteroatoms. The Morgan fingerprint density at radius 1 is 1.42 bits per heavy atom. The van der Waals surface area contributed by atoms with E-state index in [0.717, 1.165) is 30.5 Å². The summed E-state index contributed by atoms with van der Waals surface area (Å²) in [6.07, 6.45) is 5.55. The topological polar surface area (TPSA) is 65.6 Å². The Hall–Kier alpha value is -2.53. The van der Waals surface area contributed by atoms with Crippen LogP contribution < -0.4 is 0 Å². The Kier molecular flexibility index (Phi) is 4.32. The van der Waals surface area contributed by atoms with Gasteiger partial charge in [0.2, 0.25) is 0 Å². The van der Waals surface area contributed by atoms with Crippen LogP contribution in [0.15, 0.2) is 47.7 Å². The van der Waals surface area contributed by atoms with Gasteiger partial charge in [-0.15, -0.1) is 0 Å². The van der Waals surface area contributed by atoms with Gasteiger partial charge < -0.3 is 19.7 Å². The van der Waals surface area contributed by atoms with Gasteiger partial charge in [-0.1, -0.05) is 24.3 Å². The molecule has 26 heavy (non-hydrogen) atoms. The van der Waals surface area contributed by atoms with Crippen molar-refractivity contribution in [2.75, 3.05) is 20.3 Å². The Balaban J connectivity index is 1.80. The van der Waals surface area contributed by atoms with Crippen LogP contribution in [0, 0.1) is 5.92 Å². The first-order valence-corrected chi connectivity index (χ1v) is 9.09. The van der Waals surface area contributed by atoms with Gasteiger partial charge >= 0.3 is 5.97 Å². The number of H-pyrrole nitrogens is 1. The summed E-state index contributed by atoms with van der Waals surface area (Å²) >= 11 is 0. The average molecular weight is 352 g/mol. The van der Waals surface area contributed by atoms with Crippen molar-refractivity contribution in [2.45, 2.75) is 25.8 Å². The first-order valence-electron chi connectivity index (χ1n) is 9.09. The minimum Gasteiger partial charge on any atom is -0.466 e. The molecule has 0 saturated heterocycles. The number of nitrogens with one attached hydrogen (secondary N) is 1. The number of ether oxygens (including phenoxy) is 1. The first kappa shape index (κ1) is 16.9. The summed E-state index contributed by atoms with van der Waals surface area (Å²) in [5.74, 6) is -0.445. The van der Waals surface area contributed by atoms with Gasteiger partial charge in [0, 0.05) is 35.3 Å². The second kappa shape index (κ2) is 6.65. The van der Waals surface area contributed by atoms with Crippen molar-refractivity contribution >= 4 is 16.9 Å². The molecule has 0 fully saturated rings. The van der Waals surface area contributed by atoms with Crippen LogP contribution in [0.5, 0.6) is 0 Å². The van der Waals surface area contributed by atoms with Crippen LogP contribution in [-0.4, -0.2) is 41.2 Å². The molecule has 3 heterocycles. The largest absolute Gasteiger partial charge is 0.466 e. The molecule has 0 unspecified atom stereocenters. The second-order valence-corrected chi connectivity index (χ2v) is 6.95. The molecular weight excluding hydrogens is 328 g/mol. The summed E-state index contributed by atoms with van der Waals surface area (Å²) in [6.45, 7) is 2.72. The lowest BCUT2D eigenvalue weighted by Crippen LogP contribution is -2.39. The summed E-state index contributed by atoms with van der Waals surface area (Å²) in [6, 6.07) is 8.57. The van der Waals surface area contributed by atoms with E-state index >= 15 is 0 Å². The zero-order valence-corrected chi connectivity index (χ0v) is 15.2. The number of nitrogens with zero attached hydrogens (tertiary/aromatic N) is 1. The van der Waals surface area contributed by atoms with E-state index < -0.39 is 0 Å². The smallest absolute Gasteiger partial charge is 0.335 e. The molecule has 0 bridgehead atoms. The number of esters is 1. The number of allylic oxidation sites excluding steroid dienone is 1. The zero-order chi connectivity index (χ0) is 18.3. The zero-order valence-electron chi connectivity index (χ0n) is 15.2. The van der Waals surface area contributed by atoms with Crippen LogP contribution in [-0.2, 0) is 16.0 Å². The van der Waals surface area contributed by atoms with Crippen molar-refractivity contribution in [2.24, 2.45) is 5.92 Å². The molecule has 0 radical (unpaired) electrons. The third kappa shape index (κ3) is 2.54. The summed E-state index contributed by atoms with van der Waals surface area (Å²) in [7, 11) is 1.41. The van der Waals surface area contributed by atoms with Crippen LogP contribution in [0.1, 0.15) is 30.6 Å². The lowest BCUT2D eigenvalue weighted by atomic mass is 9.79. The highest BCUT2D eigenvalue weighted by atomic mass is 16.5. The van der Waals surface area contributed by atoms with Crippen molar-refractivity contribution in [3.63, 3.8) is 0 Å². The normalized spacial score (nSPS) is 22.7. The molecule has 1 aromatic heterocycles. The van der Waals surface area contributed by atoms with Crippen molar-refractivity contribution in [1.29, 1.82) is 0 Å². The predicted octanol–water partition coefficient (Wildman–Crippen LogP) is 3.08. The molecular formula is C21H24N2O3. The minimum absolute atomic E-state index is 0.0538. The number of methoxy groups -OCH3 is 1. The maximum absolute atomic E-state index is 12.3. The van der Waals surface area contributed by atoms with Crippen molar-refractivity contribution in [3.05, 3.63) is 58.9 Å². The first-order chi connectivity index (χ1) is 12.7. The Morgan fingerprint density at radius 2 is 2.23 bits per heavy atom.